The predicted octanol–water partition coefficient (Wildman–Crippen LogP) is 5.80. The van der Waals surface area contributed by atoms with Gasteiger partial charge in [0.2, 0.25) is 5.78 Å². The molecule has 1 amide bonds. The van der Waals surface area contributed by atoms with Gasteiger partial charge in [-0.15, -0.1) is 11.3 Å². The van der Waals surface area contributed by atoms with E-state index in [0.29, 0.717) is 22.2 Å². The van der Waals surface area contributed by atoms with E-state index >= 15 is 0 Å². The molecule has 0 spiro atoms. The second kappa shape index (κ2) is 7.76. The molecule has 1 aliphatic rings. The topological polar surface area (TPSA) is 83.6 Å². The summed E-state index contributed by atoms with van der Waals surface area (Å²) >= 11 is 1.27. The molecular weight excluding hydrogens is 424 g/mol. The first kappa shape index (κ1) is 20.2. The molecule has 0 radical (unpaired) electrons. The first-order chi connectivity index (χ1) is 15.5. The fraction of sp³-hybridized carbons (Fsp3) is 0.160. The third-order valence-electron chi connectivity index (χ3n) is 5.65. The van der Waals surface area contributed by atoms with Crippen molar-refractivity contribution in [2.45, 2.75) is 25.8 Å². The fourth-order valence-electron chi connectivity index (χ4n) is 3.97. The van der Waals surface area contributed by atoms with Gasteiger partial charge in [0.15, 0.2) is 16.7 Å². The number of aliphatic hydroxyl groups excluding tert-OH is 1. The number of hydrogen-bond donors (Lipinski definition) is 1. The summed E-state index contributed by atoms with van der Waals surface area (Å²) < 4.78 is 5.75. The molecule has 160 valence electrons. The number of aliphatic hydroxyl groups is 1. The van der Waals surface area contributed by atoms with Crippen LogP contribution >= 0.6 is 11.3 Å². The molecule has 0 aliphatic carbocycles. The summed E-state index contributed by atoms with van der Waals surface area (Å²) in [6.45, 7) is 4.19. The highest BCUT2D eigenvalue weighted by atomic mass is 32.1. The van der Waals surface area contributed by atoms with E-state index in [1.807, 2.05) is 42.5 Å². The molecule has 0 saturated carbocycles. The second-order valence-electron chi connectivity index (χ2n) is 7.95. The lowest BCUT2D eigenvalue weighted by atomic mass is 9.93. The Bertz CT molecular complexity index is 1320. The average Bonchev–Trinajstić information content (AvgIpc) is 3.52. The van der Waals surface area contributed by atoms with Crippen molar-refractivity contribution in [3.05, 3.63) is 94.4 Å². The number of nitrogens with zero attached hydrogens (tertiary/aromatic N) is 2. The van der Waals surface area contributed by atoms with Crippen molar-refractivity contribution in [3.8, 4) is 0 Å². The van der Waals surface area contributed by atoms with Gasteiger partial charge in [0, 0.05) is 17.0 Å². The predicted molar refractivity (Wildman–Crippen MR) is 123 cm³/mol. The van der Waals surface area contributed by atoms with Gasteiger partial charge in [-0.1, -0.05) is 56.3 Å². The Morgan fingerprint density at radius 3 is 2.56 bits per heavy atom. The lowest BCUT2D eigenvalue weighted by Crippen LogP contribution is -2.30. The first-order valence-electron chi connectivity index (χ1n) is 10.2. The van der Waals surface area contributed by atoms with Crippen LogP contribution in [0.1, 0.15) is 47.5 Å². The van der Waals surface area contributed by atoms with Crippen molar-refractivity contribution in [2.75, 3.05) is 4.90 Å². The van der Waals surface area contributed by atoms with Crippen LogP contribution in [0.3, 0.4) is 0 Å². The number of furan rings is 1. The van der Waals surface area contributed by atoms with Crippen molar-refractivity contribution in [1.29, 1.82) is 0 Å². The molecular formula is C25H20N2O4S. The molecule has 1 unspecified atom stereocenters. The lowest BCUT2D eigenvalue weighted by Gasteiger charge is -2.24. The van der Waals surface area contributed by atoms with Crippen molar-refractivity contribution >= 4 is 39.1 Å². The maximum Gasteiger partial charge on any atom is 0.296 e. The van der Waals surface area contributed by atoms with E-state index in [0.717, 1.165) is 10.9 Å². The Labute approximate surface area is 188 Å². The van der Waals surface area contributed by atoms with E-state index in [1.54, 1.807) is 23.7 Å². The summed E-state index contributed by atoms with van der Waals surface area (Å²) in [7, 11) is 0. The minimum absolute atomic E-state index is 0.0125. The minimum atomic E-state index is -0.810. The molecule has 4 aromatic rings. The smallest absolute Gasteiger partial charge is 0.296 e. The van der Waals surface area contributed by atoms with Gasteiger partial charge in [0.1, 0.15) is 5.58 Å². The van der Waals surface area contributed by atoms with E-state index in [2.05, 4.69) is 18.8 Å². The highest BCUT2D eigenvalue weighted by molar-refractivity contribution is 7.13. The van der Waals surface area contributed by atoms with Crippen molar-refractivity contribution < 1.29 is 19.1 Å². The Morgan fingerprint density at radius 2 is 1.91 bits per heavy atom. The van der Waals surface area contributed by atoms with Gasteiger partial charge in [-0.25, -0.2) is 4.98 Å². The van der Waals surface area contributed by atoms with E-state index < -0.39 is 23.5 Å². The molecule has 0 saturated heterocycles. The van der Waals surface area contributed by atoms with E-state index in [1.165, 1.54) is 16.2 Å². The zero-order chi connectivity index (χ0) is 22.4. The standard InChI is InChI=1S/C25H20N2O4S/c1-14(2)15-7-9-16(10-8-15)21-20(23(29)24(30)27(21)25-26-11-12-32-25)22(28)19-13-17-5-3-4-6-18(17)31-19/h3-14,21,29H,1-2H3. The van der Waals surface area contributed by atoms with Crippen molar-refractivity contribution in [1.82, 2.24) is 4.98 Å². The molecule has 5 rings (SSSR count). The van der Waals surface area contributed by atoms with Crippen molar-refractivity contribution in [2.24, 2.45) is 0 Å². The largest absolute Gasteiger partial charge is 0.503 e. The monoisotopic (exact) mass is 444 g/mol. The maximum absolute atomic E-state index is 13.5. The fourth-order valence-corrected chi connectivity index (χ4v) is 4.64. The maximum atomic E-state index is 13.5. The molecule has 1 aliphatic heterocycles. The third kappa shape index (κ3) is 3.22. The summed E-state index contributed by atoms with van der Waals surface area (Å²) in [5, 5.41) is 13.7. The highest BCUT2D eigenvalue weighted by Gasteiger charge is 2.46. The van der Waals surface area contributed by atoms with Gasteiger partial charge in [-0.05, 0) is 29.2 Å². The SMILES string of the molecule is CC(C)c1ccc(C2C(C(=O)c3cc4ccccc4o3)=C(O)C(=O)N2c2nccs2)cc1. The van der Waals surface area contributed by atoms with Crippen LogP contribution in [-0.4, -0.2) is 21.8 Å². The number of aromatic nitrogens is 1. The first-order valence-corrected chi connectivity index (χ1v) is 11.1. The van der Waals surface area contributed by atoms with Gasteiger partial charge in [-0.2, -0.15) is 0 Å². The Balaban J connectivity index is 1.64. The number of carbonyl (C=O) groups is 2. The highest BCUT2D eigenvalue weighted by Crippen LogP contribution is 2.43. The number of thiazole rings is 1. The summed E-state index contributed by atoms with van der Waals surface area (Å²) in [5.41, 5.74) is 2.40. The number of para-hydroxylation sites is 1. The zero-order valence-electron chi connectivity index (χ0n) is 17.5. The molecule has 0 bridgehead atoms. The van der Waals surface area contributed by atoms with Crippen LogP contribution in [0.4, 0.5) is 5.13 Å². The molecule has 2 aromatic carbocycles. The lowest BCUT2D eigenvalue weighted by molar-refractivity contribution is -0.117. The van der Waals surface area contributed by atoms with Crippen LogP contribution in [0, 0.1) is 0 Å². The Morgan fingerprint density at radius 1 is 1.16 bits per heavy atom. The number of benzene rings is 2. The van der Waals surface area contributed by atoms with Gasteiger partial charge < -0.3 is 9.52 Å². The number of carbonyl (C=O) groups excluding carboxylic acids is 2. The number of hydrogen-bond acceptors (Lipinski definition) is 6. The Kier molecular flexibility index (Phi) is 4.90. The number of amides is 1. The van der Waals surface area contributed by atoms with Gasteiger partial charge in [0.05, 0.1) is 11.6 Å². The summed E-state index contributed by atoms with van der Waals surface area (Å²) in [6.07, 6.45) is 1.59. The third-order valence-corrected chi connectivity index (χ3v) is 6.42. The number of ketones is 1. The average molecular weight is 445 g/mol. The Hall–Kier alpha value is -3.71. The number of Topliss-reactive ketones (excluding diaryl/α,β-unsaturated/α-hetero) is 1. The zero-order valence-corrected chi connectivity index (χ0v) is 18.3. The van der Waals surface area contributed by atoms with Crippen LogP contribution in [-0.2, 0) is 4.79 Å². The van der Waals surface area contributed by atoms with Gasteiger partial charge in [-0.3, -0.25) is 14.5 Å². The molecule has 7 heteroatoms. The number of fused-ring (bicyclic) bond motifs is 1. The van der Waals surface area contributed by atoms with Gasteiger partial charge >= 0.3 is 0 Å². The van der Waals surface area contributed by atoms with E-state index in [-0.39, 0.29) is 11.3 Å². The quantitative estimate of drug-likeness (QED) is 0.394. The minimum Gasteiger partial charge on any atom is -0.503 e. The molecule has 6 nitrogen and oxygen atoms in total. The van der Waals surface area contributed by atoms with Crippen LogP contribution < -0.4 is 4.90 Å². The summed E-state index contributed by atoms with van der Waals surface area (Å²) in [4.78, 5) is 32.3. The summed E-state index contributed by atoms with van der Waals surface area (Å²) in [6, 6.07) is 15.8. The number of anilines is 1. The molecule has 2 aromatic heterocycles. The summed E-state index contributed by atoms with van der Waals surface area (Å²) in [5.74, 6) is -1.35. The van der Waals surface area contributed by atoms with Crippen LogP contribution in [0.5, 0.6) is 0 Å². The molecule has 32 heavy (non-hydrogen) atoms. The normalized spacial score (nSPS) is 16.5. The molecule has 1 atom stereocenters. The second-order valence-corrected chi connectivity index (χ2v) is 8.83. The van der Waals surface area contributed by atoms with Crippen molar-refractivity contribution in [3.63, 3.8) is 0 Å². The van der Waals surface area contributed by atoms with Gasteiger partial charge in [0.25, 0.3) is 5.91 Å². The van der Waals surface area contributed by atoms with Crippen LogP contribution in [0.15, 0.2) is 81.9 Å². The molecule has 3 heterocycles. The van der Waals surface area contributed by atoms with E-state index in [9.17, 15) is 14.7 Å². The van der Waals surface area contributed by atoms with Crippen LogP contribution in [0.25, 0.3) is 11.0 Å². The van der Waals surface area contributed by atoms with E-state index in [4.69, 9.17) is 4.42 Å². The number of rotatable bonds is 5. The molecule has 0 fully saturated rings. The molecule has 1 N–H and O–H groups in total. The van der Waals surface area contributed by atoms with Crippen LogP contribution in [0.2, 0.25) is 0 Å².